The van der Waals surface area contributed by atoms with Crippen LogP contribution in [0.4, 0.5) is 5.00 Å². The second kappa shape index (κ2) is 6.13. The van der Waals surface area contributed by atoms with Crippen LogP contribution in [0.1, 0.15) is 26.4 Å². The van der Waals surface area contributed by atoms with Crippen molar-refractivity contribution < 1.29 is 14.7 Å². The summed E-state index contributed by atoms with van der Waals surface area (Å²) in [6, 6.07) is 4.81. The van der Waals surface area contributed by atoms with Crippen LogP contribution in [0.15, 0.2) is 22.7 Å². The normalized spacial score (nSPS) is 10.5. The average molecular weight is 390 g/mol. The van der Waals surface area contributed by atoms with Gasteiger partial charge in [-0.3, -0.25) is 4.79 Å². The van der Waals surface area contributed by atoms with Gasteiger partial charge in [0, 0.05) is 17.1 Å². The highest BCUT2D eigenvalue weighted by Crippen LogP contribution is 2.30. The number of nitrogens with zero attached hydrogens (tertiary/aromatic N) is 2. The molecule has 0 radical (unpaired) electrons. The molecule has 0 atom stereocenters. The van der Waals surface area contributed by atoms with E-state index in [1.807, 2.05) is 0 Å². The molecule has 1 N–H and O–H groups in total. The van der Waals surface area contributed by atoms with Crippen LogP contribution in [0.25, 0.3) is 0 Å². The Morgan fingerprint density at radius 1 is 1.43 bits per heavy atom. The van der Waals surface area contributed by atoms with Crippen molar-refractivity contribution in [3.05, 3.63) is 44.5 Å². The standard InChI is InChI=1S/C13H10BrClN2O3S/c1-6-10(13(19)20)12(21-16-6)17(2)11(18)7-3-4-8(14)9(15)5-7/h3-5H,1-2H3,(H,19,20). The summed E-state index contributed by atoms with van der Waals surface area (Å²) in [6.45, 7) is 1.60. The van der Waals surface area contributed by atoms with Crippen molar-refractivity contribution in [2.45, 2.75) is 6.92 Å². The third-order valence-electron chi connectivity index (χ3n) is 2.83. The van der Waals surface area contributed by atoms with E-state index in [1.54, 1.807) is 19.1 Å². The predicted octanol–water partition coefficient (Wildman–Crippen LogP) is 3.84. The van der Waals surface area contributed by atoms with Gasteiger partial charge in [-0.25, -0.2) is 4.79 Å². The Balaban J connectivity index is 2.40. The van der Waals surface area contributed by atoms with Gasteiger partial charge in [-0.1, -0.05) is 11.6 Å². The monoisotopic (exact) mass is 388 g/mol. The van der Waals surface area contributed by atoms with Gasteiger partial charge in [0.1, 0.15) is 10.6 Å². The van der Waals surface area contributed by atoms with Crippen LogP contribution >= 0.6 is 39.1 Å². The van der Waals surface area contributed by atoms with Gasteiger partial charge in [0.05, 0.1) is 10.7 Å². The number of carbonyl (C=O) groups is 2. The number of carboxylic acids is 1. The van der Waals surface area contributed by atoms with E-state index in [2.05, 4.69) is 20.3 Å². The van der Waals surface area contributed by atoms with E-state index in [0.717, 1.165) is 11.5 Å². The Kier molecular flexibility index (Phi) is 4.65. The number of carbonyl (C=O) groups excluding carboxylic acids is 1. The van der Waals surface area contributed by atoms with Crippen LogP contribution in [0.2, 0.25) is 5.02 Å². The Hall–Kier alpha value is -1.44. The summed E-state index contributed by atoms with van der Waals surface area (Å²) < 4.78 is 4.68. The fourth-order valence-corrected chi connectivity index (χ4v) is 3.02. The first-order chi connectivity index (χ1) is 9.82. The Morgan fingerprint density at radius 2 is 2.10 bits per heavy atom. The fourth-order valence-electron chi connectivity index (χ4n) is 1.75. The Bertz CT molecular complexity index is 732. The van der Waals surface area contributed by atoms with Gasteiger partial charge < -0.3 is 10.0 Å². The van der Waals surface area contributed by atoms with Crippen LogP contribution in [0.3, 0.4) is 0 Å². The van der Waals surface area contributed by atoms with E-state index < -0.39 is 5.97 Å². The van der Waals surface area contributed by atoms with Crippen LogP contribution in [-0.2, 0) is 0 Å². The maximum atomic E-state index is 12.4. The van der Waals surface area contributed by atoms with Gasteiger partial charge in [-0.15, -0.1) is 0 Å². The fraction of sp³-hybridized carbons (Fsp3) is 0.154. The number of aromatic carboxylic acids is 1. The van der Waals surface area contributed by atoms with Crippen molar-refractivity contribution in [3.8, 4) is 0 Å². The van der Waals surface area contributed by atoms with Crippen LogP contribution < -0.4 is 4.90 Å². The van der Waals surface area contributed by atoms with E-state index in [1.165, 1.54) is 18.0 Å². The van der Waals surface area contributed by atoms with Crippen molar-refractivity contribution in [3.63, 3.8) is 0 Å². The molecule has 1 aromatic heterocycles. The predicted molar refractivity (Wildman–Crippen MR) is 85.7 cm³/mol. The van der Waals surface area contributed by atoms with E-state index in [9.17, 15) is 14.7 Å². The van der Waals surface area contributed by atoms with Crippen molar-refractivity contribution in [1.82, 2.24) is 4.37 Å². The summed E-state index contributed by atoms with van der Waals surface area (Å²) in [5.74, 6) is -1.46. The molecule has 0 aliphatic rings. The van der Waals surface area contributed by atoms with Gasteiger partial charge in [0.2, 0.25) is 0 Å². The van der Waals surface area contributed by atoms with Gasteiger partial charge in [0.15, 0.2) is 0 Å². The zero-order chi connectivity index (χ0) is 15.7. The van der Waals surface area contributed by atoms with Gasteiger partial charge in [0.25, 0.3) is 5.91 Å². The topological polar surface area (TPSA) is 70.5 Å². The van der Waals surface area contributed by atoms with Gasteiger partial charge in [-0.05, 0) is 52.6 Å². The first-order valence-electron chi connectivity index (χ1n) is 5.75. The summed E-state index contributed by atoms with van der Waals surface area (Å²) in [4.78, 5) is 25.0. The third kappa shape index (κ3) is 3.09. The summed E-state index contributed by atoms with van der Waals surface area (Å²) in [6.07, 6.45) is 0. The van der Waals surface area contributed by atoms with Crippen LogP contribution in [-0.4, -0.2) is 28.4 Å². The molecule has 0 aliphatic heterocycles. The molecular formula is C13H10BrClN2O3S. The van der Waals surface area contributed by atoms with Gasteiger partial charge in [-0.2, -0.15) is 4.37 Å². The summed E-state index contributed by atoms with van der Waals surface area (Å²) in [5, 5.41) is 9.92. The summed E-state index contributed by atoms with van der Waals surface area (Å²) in [5.41, 5.74) is 0.795. The van der Waals surface area contributed by atoms with Crippen molar-refractivity contribution in [2.75, 3.05) is 11.9 Å². The van der Waals surface area contributed by atoms with Crippen molar-refractivity contribution in [2.24, 2.45) is 0 Å². The molecule has 0 saturated carbocycles. The molecule has 0 saturated heterocycles. The molecule has 1 aromatic carbocycles. The van der Waals surface area contributed by atoms with Gasteiger partial charge >= 0.3 is 5.97 Å². The number of rotatable bonds is 3. The van der Waals surface area contributed by atoms with E-state index in [-0.39, 0.29) is 11.5 Å². The largest absolute Gasteiger partial charge is 0.478 e. The van der Waals surface area contributed by atoms with Crippen molar-refractivity contribution in [1.29, 1.82) is 0 Å². The number of halogens is 2. The van der Waals surface area contributed by atoms with Crippen LogP contribution in [0.5, 0.6) is 0 Å². The molecule has 0 bridgehead atoms. The lowest BCUT2D eigenvalue weighted by Crippen LogP contribution is -2.27. The lowest BCUT2D eigenvalue weighted by atomic mass is 10.2. The quantitative estimate of drug-likeness (QED) is 0.866. The molecule has 5 nitrogen and oxygen atoms in total. The molecule has 8 heteroatoms. The zero-order valence-electron chi connectivity index (χ0n) is 11.1. The highest BCUT2D eigenvalue weighted by atomic mass is 79.9. The number of aryl methyl sites for hydroxylation is 1. The number of anilines is 1. The molecule has 0 spiro atoms. The molecule has 2 rings (SSSR count). The Morgan fingerprint density at radius 3 is 2.67 bits per heavy atom. The number of hydrogen-bond acceptors (Lipinski definition) is 4. The molecule has 1 heterocycles. The zero-order valence-corrected chi connectivity index (χ0v) is 14.2. The first-order valence-corrected chi connectivity index (χ1v) is 7.70. The number of hydrogen-bond donors (Lipinski definition) is 1. The average Bonchev–Trinajstić information content (AvgIpc) is 2.82. The number of benzene rings is 1. The molecule has 2 aromatic rings. The minimum Gasteiger partial charge on any atom is -0.478 e. The SMILES string of the molecule is Cc1nsc(N(C)C(=O)c2ccc(Br)c(Cl)c2)c1C(=O)O. The molecule has 1 amide bonds. The number of carboxylic acid groups (broad SMARTS) is 1. The molecule has 21 heavy (non-hydrogen) atoms. The molecular weight excluding hydrogens is 380 g/mol. The highest BCUT2D eigenvalue weighted by Gasteiger charge is 2.24. The van der Waals surface area contributed by atoms with E-state index in [4.69, 9.17) is 11.6 Å². The lowest BCUT2D eigenvalue weighted by molar-refractivity contribution is 0.0697. The first kappa shape index (κ1) is 15.9. The number of amides is 1. The third-order valence-corrected chi connectivity index (χ3v) is 5.08. The molecule has 110 valence electrons. The molecule has 0 fully saturated rings. The minimum atomic E-state index is -1.11. The smallest absolute Gasteiger partial charge is 0.340 e. The maximum Gasteiger partial charge on any atom is 0.340 e. The lowest BCUT2D eigenvalue weighted by Gasteiger charge is -2.16. The molecule has 0 aliphatic carbocycles. The summed E-state index contributed by atoms with van der Waals surface area (Å²) >= 11 is 10.2. The minimum absolute atomic E-state index is 0.0408. The second-order valence-corrected chi connectivity index (χ2v) is 6.26. The van der Waals surface area contributed by atoms with E-state index in [0.29, 0.717) is 25.8 Å². The van der Waals surface area contributed by atoms with E-state index >= 15 is 0 Å². The summed E-state index contributed by atoms with van der Waals surface area (Å²) in [7, 11) is 1.51. The van der Waals surface area contributed by atoms with Crippen molar-refractivity contribution >= 4 is 55.9 Å². The Labute approximate surface area is 138 Å². The maximum absolute atomic E-state index is 12.4. The van der Waals surface area contributed by atoms with Crippen LogP contribution in [0, 0.1) is 6.92 Å². The molecule has 0 unspecified atom stereocenters. The second-order valence-electron chi connectivity index (χ2n) is 4.25. The highest BCUT2D eigenvalue weighted by molar-refractivity contribution is 9.10. The number of aromatic nitrogens is 1.